The Morgan fingerprint density at radius 1 is 0.812 bits per heavy atom. The average molecular weight is 443 g/mol. The third-order valence-corrected chi connectivity index (χ3v) is 7.68. The SMILES string of the molecule is Cc1ccc(S(=O)(=O)c2ccccc2C(=O)N2Cc3cccn3Cc3ccccc32)cc1. The average Bonchev–Trinajstić information content (AvgIpc) is 3.18. The zero-order valence-electron chi connectivity index (χ0n) is 17.6. The molecule has 0 N–H and O–H groups in total. The number of benzene rings is 3. The molecular formula is C26H22N2O3S. The fourth-order valence-corrected chi connectivity index (χ4v) is 5.59. The summed E-state index contributed by atoms with van der Waals surface area (Å²) in [5, 5.41) is 0. The molecule has 1 aliphatic heterocycles. The van der Waals surface area contributed by atoms with Crippen LogP contribution in [0.25, 0.3) is 0 Å². The molecule has 2 heterocycles. The molecule has 0 saturated heterocycles. The van der Waals surface area contributed by atoms with Crippen LogP contribution in [-0.4, -0.2) is 18.9 Å². The van der Waals surface area contributed by atoms with E-state index in [-0.39, 0.29) is 21.3 Å². The van der Waals surface area contributed by atoms with Gasteiger partial charge in [0.1, 0.15) is 0 Å². The fourth-order valence-electron chi connectivity index (χ4n) is 4.13. The van der Waals surface area contributed by atoms with Crippen molar-refractivity contribution >= 4 is 21.4 Å². The van der Waals surface area contributed by atoms with Crippen molar-refractivity contribution in [2.75, 3.05) is 4.90 Å². The lowest BCUT2D eigenvalue weighted by molar-refractivity contribution is 0.0981. The molecule has 0 aliphatic carbocycles. The number of anilines is 1. The molecule has 5 nitrogen and oxygen atoms in total. The minimum Gasteiger partial charge on any atom is -0.345 e. The molecule has 0 spiro atoms. The van der Waals surface area contributed by atoms with Crippen molar-refractivity contribution in [1.82, 2.24) is 4.57 Å². The third kappa shape index (κ3) is 3.42. The van der Waals surface area contributed by atoms with Crippen molar-refractivity contribution in [1.29, 1.82) is 0 Å². The van der Waals surface area contributed by atoms with Crippen molar-refractivity contribution in [3.63, 3.8) is 0 Å². The number of hydrogen-bond acceptors (Lipinski definition) is 3. The molecule has 160 valence electrons. The van der Waals surface area contributed by atoms with E-state index in [2.05, 4.69) is 4.57 Å². The number of nitrogens with zero attached hydrogens (tertiary/aromatic N) is 2. The van der Waals surface area contributed by atoms with Gasteiger partial charge in [-0.3, -0.25) is 4.79 Å². The van der Waals surface area contributed by atoms with Crippen LogP contribution in [0.2, 0.25) is 0 Å². The first kappa shape index (κ1) is 20.3. The normalized spacial score (nSPS) is 13.2. The molecule has 32 heavy (non-hydrogen) atoms. The molecule has 4 aromatic rings. The number of aromatic nitrogens is 1. The highest BCUT2D eigenvalue weighted by Crippen LogP contribution is 2.31. The Balaban J connectivity index is 1.63. The van der Waals surface area contributed by atoms with Crippen molar-refractivity contribution in [3.8, 4) is 0 Å². The van der Waals surface area contributed by atoms with Gasteiger partial charge in [-0.25, -0.2) is 8.42 Å². The largest absolute Gasteiger partial charge is 0.345 e. The first-order chi connectivity index (χ1) is 15.4. The van der Waals surface area contributed by atoms with Gasteiger partial charge in [-0.05, 0) is 55.0 Å². The van der Waals surface area contributed by atoms with E-state index in [1.807, 2.05) is 49.5 Å². The van der Waals surface area contributed by atoms with Crippen molar-refractivity contribution in [2.45, 2.75) is 29.8 Å². The summed E-state index contributed by atoms with van der Waals surface area (Å²) in [7, 11) is -3.86. The maximum atomic E-state index is 13.9. The molecule has 1 aromatic heterocycles. The Kier molecular flexibility index (Phi) is 4.94. The lowest BCUT2D eigenvalue weighted by atomic mass is 10.1. The number of sulfone groups is 1. The summed E-state index contributed by atoms with van der Waals surface area (Å²) in [6.07, 6.45) is 2.00. The van der Waals surface area contributed by atoms with E-state index < -0.39 is 9.84 Å². The zero-order valence-corrected chi connectivity index (χ0v) is 18.4. The summed E-state index contributed by atoms with van der Waals surface area (Å²) in [5.74, 6) is -0.335. The van der Waals surface area contributed by atoms with Crippen molar-refractivity contribution < 1.29 is 13.2 Å². The minimum atomic E-state index is -3.86. The van der Waals surface area contributed by atoms with Crippen LogP contribution >= 0.6 is 0 Å². The number of aryl methyl sites for hydroxylation is 1. The molecule has 0 saturated carbocycles. The summed E-state index contributed by atoms with van der Waals surface area (Å²) in [6.45, 7) is 2.92. The highest BCUT2D eigenvalue weighted by atomic mass is 32.2. The number of hydrogen-bond donors (Lipinski definition) is 0. The van der Waals surface area contributed by atoms with Gasteiger partial charge in [0.2, 0.25) is 9.84 Å². The smallest absolute Gasteiger partial charge is 0.259 e. The molecule has 0 unspecified atom stereocenters. The molecule has 5 rings (SSSR count). The lowest BCUT2D eigenvalue weighted by Gasteiger charge is -2.24. The number of amides is 1. The van der Waals surface area contributed by atoms with Gasteiger partial charge in [0, 0.05) is 24.1 Å². The second-order valence-corrected chi connectivity index (χ2v) is 9.88. The first-order valence-corrected chi connectivity index (χ1v) is 11.9. The fraction of sp³-hybridized carbons (Fsp3) is 0.115. The number of rotatable bonds is 3. The monoisotopic (exact) mass is 442 g/mol. The molecule has 0 radical (unpaired) electrons. The third-order valence-electron chi connectivity index (χ3n) is 5.85. The Hall–Kier alpha value is -3.64. The van der Waals surface area contributed by atoms with E-state index in [0.29, 0.717) is 13.1 Å². The van der Waals surface area contributed by atoms with Crippen molar-refractivity contribution in [3.05, 3.63) is 114 Å². The zero-order chi connectivity index (χ0) is 22.3. The topological polar surface area (TPSA) is 59.4 Å². The van der Waals surface area contributed by atoms with Gasteiger partial charge in [0.05, 0.1) is 21.9 Å². The summed E-state index contributed by atoms with van der Waals surface area (Å²) >= 11 is 0. The molecule has 6 heteroatoms. The predicted octanol–water partition coefficient (Wildman–Crippen LogP) is 4.84. The van der Waals surface area contributed by atoms with Gasteiger partial charge in [-0.15, -0.1) is 0 Å². The maximum absolute atomic E-state index is 13.9. The van der Waals surface area contributed by atoms with Gasteiger partial charge in [-0.1, -0.05) is 48.0 Å². The van der Waals surface area contributed by atoms with E-state index in [1.54, 1.807) is 47.4 Å². The van der Waals surface area contributed by atoms with E-state index >= 15 is 0 Å². The van der Waals surface area contributed by atoms with Crippen LogP contribution < -0.4 is 4.90 Å². The second kappa shape index (κ2) is 7.80. The Bertz CT molecular complexity index is 1420. The quantitative estimate of drug-likeness (QED) is 0.456. The van der Waals surface area contributed by atoms with Crippen LogP contribution in [0, 0.1) is 6.92 Å². The Morgan fingerprint density at radius 3 is 2.34 bits per heavy atom. The van der Waals surface area contributed by atoms with Crippen LogP contribution in [0.4, 0.5) is 5.69 Å². The molecule has 1 aliphatic rings. The van der Waals surface area contributed by atoms with Gasteiger partial charge in [0.15, 0.2) is 0 Å². The van der Waals surface area contributed by atoms with E-state index in [9.17, 15) is 13.2 Å². The predicted molar refractivity (Wildman–Crippen MR) is 124 cm³/mol. The lowest BCUT2D eigenvalue weighted by Crippen LogP contribution is -2.31. The standard InChI is InChI=1S/C26H22N2O3S/c1-19-12-14-22(15-13-19)32(30,31)25-11-5-3-9-23(25)26(29)28-18-21-8-6-16-27(21)17-20-7-2-4-10-24(20)28/h2-16H,17-18H2,1H3. The van der Waals surface area contributed by atoms with Crippen LogP contribution in [0.3, 0.4) is 0 Å². The summed E-state index contributed by atoms with van der Waals surface area (Å²) in [4.78, 5) is 15.7. The maximum Gasteiger partial charge on any atom is 0.259 e. The summed E-state index contributed by atoms with van der Waals surface area (Å²) in [6, 6.07) is 24.9. The van der Waals surface area contributed by atoms with Gasteiger partial charge in [0.25, 0.3) is 5.91 Å². The van der Waals surface area contributed by atoms with E-state index in [1.165, 1.54) is 6.07 Å². The molecule has 1 amide bonds. The number of carbonyl (C=O) groups excluding carboxylic acids is 1. The number of carbonyl (C=O) groups is 1. The Morgan fingerprint density at radius 2 is 1.53 bits per heavy atom. The molecule has 0 atom stereocenters. The molecule has 0 fully saturated rings. The van der Waals surface area contributed by atoms with Crippen LogP contribution in [0.15, 0.2) is 101 Å². The highest BCUT2D eigenvalue weighted by molar-refractivity contribution is 7.91. The van der Waals surface area contributed by atoms with Gasteiger partial charge in [-0.2, -0.15) is 0 Å². The molecular weight excluding hydrogens is 420 g/mol. The summed E-state index contributed by atoms with van der Waals surface area (Å²) < 4.78 is 29.0. The van der Waals surface area contributed by atoms with Gasteiger partial charge >= 0.3 is 0 Å². The van der Waals surface area contributed by atoms with E-state index in [4.69, 9.17) is 0 Å². The highest BCUT2D eigenvalue weighted by Gasteiger charge is 2.30. The minimum absolute atomic E-state index is 0.0194. The van der Waals surface area contributed by atoms with Crippen LogP contribution in [-0.2, 0) is 22.9 Å². The second-order valence-electron chi connectivity index (χ2n) is 7.96. The molecule has 0 bridgehead atoms. The van der Waals surface area contributed by atoms with Crippen LogP contribution in [0.1, 0.15) is 27.2 Å². The number of para-hydroxylation sites is 1. The first-order valence-electron chi connectivity index (χ1n) is 10.4. The Labute approximate surface area is 187 Å². The van der Waals surface area contributed by atoms with E-state index in [0.717, 1.165) is 22.5 Å². The van der Waals surface area contributed by atoms with Gasteiger partial charge < -0.3 is 9.47 Å². The number of fused-ring (bicyclic) bond motifs is 2. The van der Waals surface area contributed by atoms with Crippen molar-refractivity contribution in [2.24, 2.45) is 0 Å². The molecule has 3 aromatic carbocycles. The summed E-state index contributed by atoms with van der Waals surface area (Å²) in [5.41, 5.74) is 3.94. The van der Waals surface area contributed by atoms with Crippen LogP contribution in [0.5, 0.6) is 0 Å².